The molecule has 0 aliphatic heterocycles. The van der Waals surface area contributed by atoms with Gasteiger partial charge in [-0.05, 0) is 30.7 Å². The third-order valence-corrected chi connectivity index (χ3v) is 1.79. The van der Waals surface area contributed by atoms with Crippen LogP contribution in [0.5, 0.6) is 5.75 Å². The van der Waals surface area contributed by atoms with Gasteiger partial charge in [-0.25, -0.2) is 4.79 Å². The molecule has 13 heavy (non-hydrogen) atoms. The molecule has 1 N–H and O–H groups in total. The standard InChI is InChI=1S/C9H10O3S/c1-6-4-7(13)2-3-8(6)12-5-9(10)11/h2-4,13H,5H2,1H3,(H,10,11). The summed E-state index contributed by atoms with van der Waals surface area (Å²) in [4.78, 5) is 11.0. The van der Waals surface area contributed by atoms with Crippen LogP contribution in [0.15, 0.2) is 23.1 Å². The summed E-state index contributed by atoms with van der Waals surface area (Å²) >= 11 is 4.14. The Morgan fingerprint density at radius 1 is 1.62 bits per heavy atom. The van der Waals surface area contributed by atoms with Crippen LogP contribution in [0.3, 0.4) is 0 Å². The van der Waals surface area contributed by atoms with E-state index in [1.54, 1.807) is 12.1 Å². The number of ether oxygens (including phenoxy) is 1. The minimum Gasteiger partial charge on any atom is -0.482 e. The zero-order chi connectivity index (χ0) is 9.84. The number of aliphatic carboxylic acids is 1. The highest BCUT2D eigenvalue weighted by molar-refractivity contribution is 7.80. The van der Waals surface area contributed by atoms with Crippen LogP contribution in [0, 0.1) is 6.92 Å². The molecule has 0 spiro atoms. The van der Waals surface area contributed by atoms with Crippen LogP contribution in [0.4, 0.5) is 0 Å². The molecule has 0 aliphatic rings. The maximum Gasteiger partial charge on any atom is 0.341 e. The van der Waals surface area contributed by atoms with E-state index in [1.807, 2.05) is 13.0 Å². The van der Waals surface area contributed by atoms with Gasteiger partial charge in [-0.15, -0.1) is 12.6 Å². The lowest BCUT2D eigenvalue weighted by atomic mass is 10.2. The number of carboxylic acids is 1. The van der Waals surface area contributed by atoms with Gasteiger partial charge in [0.05, 0.1) is 0 Å². The molecular formula is C9H10O3S. The highest BCUT2D eigenvalue weighted by atomic mass is 32.1. The summed E-state index contributed by atoms with van der Waals surface area (Å²) in [6.45, 7) is 1.53. The second kappa shape index (κ2) is 4.18. The van der Waals surface area contributed by atoms with Crippen molar-refractivity contribution in [3.8, 4) is 5.75 Å². The number of hydrogen-bond donors (Lipinski definition) is 2. The van der Waals surface area contributed by atoms with Gasteiger partial charge in [-0.1, -0.05) is 0 Å². The molecule has 0 unspecified atom stereocenters. The van der Waals surface area contributed by atoms with Gasteiger partial charge in [0.15, 0.2) is 6.61 Å². The van der Waals surface area contributed by atoms with E-state index in [2.05, 4.69) is 12.6 Å². The van der Waals surface area contributed by atoms with Gasteiger partial charge >= 0.3 is 5.97 Å². The van der Waals surface area contributed by atoms with Gasteiger partial charge in [0, 0.05) is 4.90 Å². The largest absolute Gasteiger partial charge is 0.482 e. The zero-order valence-electron chi connectivity index (χ0n) is 7.15. The number of aryl methyl sites for hydroxylation is 1. The molecule has 4 heteroatoms. The lowest BCUT2D eigenvalue weighted by Crippen LogP contribution is -2.09. The quantitative estimate of drug-likeness (QED) is 0.727. The first-order valence-corrected chi connectivity index (χ1v) is 4.18. The molecule has 0 radical (unpaired) electrons. The molecule has 1 aromatic carbocycles. The van der Waals surface area contributed by atoms with Crippen LogP contribution < -0.4 is 4.74 Å². The van der Waals surface area contributed by atoms with E-state index in [0.717, 1.165) is 10.5 Å². The summed E-state index contributed by atoms with van der Waals surface area (Å²) in [5, 5.41) is 8.38. The Morgan fingerprint density at radius 2 is 2.31 bits per heavy atom. The van der Waals surface area contributed by atoms with Crippen molar-refractivity contribution in [3.05, 3.63) is 23.8 Å². The van der Waals surface area contributed by atoms with Crippen LogP contribution in [-0.4, -0.2) is 17.7 Å². The average molecular weight is 198 g/mol. The van der Waals surface area contributed by atoms with E-state index in [0.29, 0.717) is 5.75 Å². The number of rotatable bonds is 3. The predicted octanol–water partition coefficient (Wildman–Crippen LogP) is 1.75. The van der Waals surface area contributed by atoms with Crippen molar-refractivity contribution >= 4 is 18.6 Å². The monoisotopic (exact) mass is 198 g/mol. The van der Waals surface area contributed by atoms with Crippen LogP contribution in [0.2, 0.25) is 0 Å². The van der Waals surface area contributed by atoms with E-state index in [9.17, 15) is 4.79 Å². The normalized spacial score (nSPS) is 9.69. The van der Waals surface area contributed by atoms with Crippen LogP contribution in [0.25, 0.3) is 0 Å². The summed E-state index contributed by atoms with van der Waals surface area (Å²) < 4.78 is 5.02. The van der Waals surface area contributed by atoms with Gasteiger partial charge < -0.3 is 9.84 Å². The number of hydrogen-bond acceptors (Lipinski definition) is 3. The lowest BCUT2D eigenvalue weighted by Gasteiger charge is -2.06. The summed E-state index contributed by atoms with van der Waals surface area (Å²) in [5.41, 5.74) is 0.883. The van der Waals surface area contributed by atoms with E-state index < -0.39 is 5.97 Å². The fourth-order valence-electron chi connectivity index (χ4n) is 0.935. The minimum atomic E-state index is -0.977. The number of benzene rings is 1. The van der Waals surface area contributed by atoms with E-state index in [4.69, 9.17) is 9.84 Å². The molecule has 0 heterocycles. The van der Waals surface area contributed by atoms with Crippen molar-refractivity contribution in [2.45, 2.75) is 11.8 Å². The first-order valence-electron chi connectivity index (χ1n) is 3.74. The first-order chi connectivity index (χ1) is 6.09. The molecule has 0 aromatic heterocycles. The van der Waals surface area contributed by atoms with E-state index in [1.165, 1.54) is 0 Å². The second-order valence-electron chi connectivity index (χ2n) is 2.63. The third-order valence-electron chi connectivity index (χ3n) is 1.51. The lowest BCUT2D eigenvalue weighted by molar-refractivity contribution is -0.139. The maximum absolute atomic E-state index is 10.2. The maximum atomic E-state index is 10.2. The number of carbonyl (C=O) groups is 1. The van der Waals surface area contributed by atoms with Gasteiger partial charge in [0.1, 0.15) is 5.75 Å². The van der Waals surface area contributed by atoms with Crippen LogP contribution in [-0.2, 0) is 4.79 Å². The smallest absolute Gasteiger partial charge is 0.341 e. The summed E-state index contributed by atoms with van der Waals surface area (Å²) in [6.07, 6.45) is 0. The Labute approximate surface area is 81.8 Å². The molecule has 0 saturated heterocycles. The number of thiol groups is 1. The van der Waals surface area contributed by atoms with Crippen molar-refractivity contribution in [2.24, 2.45) is 0 Å². The topological polar surface area (TPSA) is 46.5 Å². The number of carboxylic acid groups (broad SMARTS) is 1. The van der Waals surface area contributed by atoms with Crippen molar-refractivity contribution in [1.82, 2.24) is 0 Å². The Morgan fingerprint density at radius 3 is 2.85 bits per heavy atom. The molecule has 1 rings (SSSR count). The van der Waals surface area contributed by atoms with Crippen molar-refractivity contribution in [1.29, 1.82) is 0 Å². The fraction of sp³-hybridized carbons (Fsp3) is 0.222. The fourth-order valence-corrected chi connectivity index (χ4v) is 1.20. The molecule has 0 aliphatic carbocycles. The second-order valence-corrected chi connectivity index (χ2v) is 3.15. The molecule has 1 aromatic rings. The van der Waals surface area contributed by atoms with Gasteiger partial charge in [0.2, 0.25) is 0 Å². The third kappa shape index (κ3) is 2.99. The van der Waals surface area contributed by atoms with Crippen LogP contribution in [0.1, 0.15) is 5.56 Å². The van der Waals surface area contributed by atoms with Crippen molar-refractivity contribution < 1.29 is 14.6 Å². The average Bonchev–Trinajstić information content (AvgIpc) is 2.02. The summed E-state index contributed by atoms with van der Waals surface area (Å²) in [5.74, 6) is -0.394. The van der Waals surface area contributed by atoms with E-state index >= 15 is 0 Å². The molecule has 0 amide bonds. The Balaban J connectivity index is 2.72. The zero-order valence-corrected chi connectivity index (χ0v) is 8.04. The van der Waals surface area contributed by atoms with E-state index in [-0.39, 0.29) is 6.61 Å². The van der Waals surface area contributed by atoms with Gasteiger partial charge in [-0.3, -0.25) is 0 Å². The summed E-state index contributed by atoms with van der Waals surface area (Å²) in [7, 11) is 0. The molecule has 0 fully saturated rings. The molecule has 0 bridgehead atoms. The first kappa shape index (κ1) is 9.92. The Bertz CT molecular complexity index is 323. The molecule has 3 nitrogen and oxygen atoms in total. The van der Waals surface area contributed by atoms with Crippen LogP contribution >= 0.6 is 12.6 Å². The Kier molecular flexibility index (Phi) is 3.19. The highest BCUT2D eigenvalue weighted by Crippen LogP contribution is 2.20. The van der Waals surface area contributed by atoms with Gasteiger partial charge in [-0.2, -0.15) is 0 Å². The highest BCUT2D eigenvalue weighted by Gasteiger charge is 2.02. The van der Waals surface area contributed by atoms with Crippen molar-refractivity contribution in [2.75, 3.05) is 6.61 Å². The molecule has 70 valence electrons. The SMILES string of the molecule is Cc1cc(S)ccc1OCC(=O)O. The minimum absolute atomic E-state index is 0.313. The predicted molar refractivity (Wildman–Crippen MR) is 51.6 cm³/mol. The molecule has 0 saturated carbocycles. The molecular weight excluding hydrogens is 188 g/mol. The van der Waals surface area contributed by atoms with Gasteiger partial charge in [0.25, 0.3) is 0 Å². The molecule has 0 atom stereocenters. The summed E-state index contributed by atoms with van der Waals surface area (Å²) in [6, 6.07) is 5.29. The van der Waals surface area contributed by atoms with Crippen molar-refractivity contribution in [3.63, 3.8) is 0 Å². The Hall–Kier alpha value is -1.16.